The summed E-state index contributed by atoms with van der Waals surface area (Å²) < 4.78 is 40.0. The van der Waals surface area contributed by atoms with Crippen LogP contribution in [0, 0.1) is 17.1 Å². The molecule has 0 aliphatic heterocycles. The second-order valence-corrected chi connectivity index (χ2v) is 6.36. The summed E-state index contributed by atoms with van der Waals surface area (Å²) in [5.41, 5.74) is 0.376. The van der Waals surface area contributed by atoms with Crippen LogP contribution in [0.1, 0.15) is 11.1 Å². The van der Waals surface area contributed by atoms with Gasteiger partial charge in [0.05, 0.1) is 28.1 Å². The maximum Gasteiger partial charge on any atom is 0.237 e. The topological polar surface area (TPSA) is 70.0 Å². The summed E-state index contributed by atoms with van der Waals surface area (Å²) in [6.45, 7) is 0. The number of rotatable bonds is 4. The second-order valence-electron chi connectivity index (χ2n) is 4.23. The molecule has 0 heterocycles. The molecule has 108 valence electrons. The van der Waals surface area contributed by atoms with Crippen LogP contribution in [0.15, 0.2) is 42.5 Å². The first-order chi connectivity index (χ1) is 9.93. The van der Waals surface area contributed by atoms with Gasteiger partial charge in [0.15, 0.2) is 5.82 Å². The maximum atomic E-state index is 13.7. The monoisotopic (exact) mass is 324 g/mol. The Morgan fingerprint density at radius 2 is 1.90 bits per heavy atom. The van der Waals surface area contributed by atoms with E-state index in [1.165, 1.54) is 30.3 Å². The Morgan fingerprint density at radius 1 is 1.19 bits per heavy atom. The summed E-state index contributed by atoms with van der Waals surface area (Å²) >= 11 is 5.60. The molecule has 1 N–H and O–H groups in total. The maximum absolute atomic E-state index is 13.7. The Morgan fingerprint density at radius 3 is 2.62 bits per heavy atom. The molecular formula is C14H10ClFN2O2S. The Kier molecular flexibility index (Phi) is 4.46. The van der Waals surface area contributed by atoms with E-state index in [4.69, 9.17) is 16.9 Å². The van der Waals surface area contributed by atoms with Gasteiger partial charge in [-0.3, -0.25) is 4.72 Å². The lowest BCUT2D eigenvalue weighted by Crippen LogP contribution is -2.16. The first kappa shape index (κ1) is 15.3. The second kappa shape index (κ2) is 6.12. The van der Waals surface area contributed by atoms with Crippen molar-refractivity contribution in [1.29, 1.82) is 5.26 Å². The van der Waals surface area contributed by atoms with Gasteiger partial charge in [0.25, 0.3) is 0 Å². The predicted octanol–water partition coefficient (Wildman–Crippen LogP) is 3.29. The molecule has 0 radical (unpaired) electrons. The molecule has 0 aliphatic carbocycles. The molecule has 0 fully saturated rings. The van der Waals surface area contributed by atoms with E-state index in [0.717, 1.165) is 0 Å². The Bertz CT molecular complexity index is 816. The molecule has 0 aromatic heterocycles. The van der Waals surface area contributed by atoms with Gasteiger partial charge in [0.1, 0.15) is 0 Å². The number of hydrogen-bond donors (Lipinski definition) is 1. The first-order valence-electron chi connectivity index (χ1n) is 5.85. The third kappa shape index (κ3) is 3.72. The molecular weight excluding hydrogens is 315 g/mol. The largest absolute Gasteiger partial charge is 0.280 e. The highest BCUT2D eigenvalue weighted by molar-refractivity contribution is 7.91. The molecule has 0 bridgehead atoms. The van der Waals surface area contributed by atoms with Gasteiger partial charge in [-0.25, -0.2) is 12.8 Å². The van der Waals surface area contributed by atoms with Gasteiger partial charge in [0, 0.05) is 0 Å². The van der Waals surface area contributed by atoms with Crippen LogP contribution in [-0.2, 0) is 15.8 Å². The number of nitrogens with zero attached hydrogens (tertiary/aromatic N) is 1. The van der Waals surface area contributed by atoms with Crippen LogP contribution in [0.25, 0.3) is 0 Å². The molecule has 0 aliphatic rings. The smallest absolute Gasteiger partial charge is 0.237 e. The number of hydrogen-bond acceptors (Lipinski definition) is 3. The highest BCUT2D eigenvalue weighted by Crippen LogP contribution is 2.23. The molecule has 7 heteroatoms. The van der Waals surface area contributed by atoms with Gasteiger partial charge in [-0.05, 0) is 23.8 Å². The molecule has 2 rings (SSSR count). The lowest BCUT2D eigenvalue weighted by molar-refractivity contribution is 0.598. The number of sulfonamides is 1. The van der Waals surface area contributed by atoms with Gasteiger partial charge >= 0.3 is 0 Å². The fourth-order valence-corrected chi connectivity index (χ4v) is 3.15. The van der Waals surface area contributed by atoms with E-state index < -0.39 is 21.6 Å². The van der Waals surface area contributed by atoms with Gasteiger partial charge in [-0.15, -0.1) is 0 Å². The predicted molar refractivity (Wildman–Crippen MR) is 78.8 cm³/mol. The number of nitrogens with one attached hydrogen (secondary N) is 1. The normalized spacial score (nSPS) is 10.9. The average molecular weight is 325 g/mol. The standard InChI is InChI=1S/C14H10ClFN2O2S/c15-12-6-3-7-13(14(12)16)18-21(19,20)9-11-5-2-1-4-10(11)8-17/h1-7,18H,9H2. The fourth-order valence-electron chi connectivity index (χ4n) is 1.75. The fraction of sp³-hybridized carbons (Fsp3) is 0.0714. The van der Waals surface area contributed by atoms with E-state index in [0.29, 0.717) is 5.56 Å². The Hall–Kier alpha value is -2.10. The average Bonchev–Trinajstić information content (AvgIpc) is 2.44. The van der Waals surface area contributed by atoms with Crippen LogP contribution < -0.4 is 4.72 Å². The molecule has 2 aromatic carbocycles. The zero-order chi connectivity index (χ0) is 15.5. The van der Waals surface area contributed by atoms with E-state index in [1.807, 2.05) is 6.07 Å². The van der Waals surface area contributed by atoms with E-state index >= 15 is 0 Å². The summed E-state index contributed by atoms with van der Waals surface area (Å²) in [5.74, 6) is -1.26. The Labute approximate surface area is 126 Å². The van der Waals surface area contributed by atoms with Gasteiger partial charge in [-0.2, -0.15) is 5.26 Å². The lowest BCUT2D eigenvalue weighted by Gasteiger charge is -2.10. The molecule has 0 spiro atoms. The van der Waals surface area contributed by atoms with Crippen molar-refractivity contribution in [2.24, 2.45) is 0 Å². The van der Waals surface area contributed by atoms with Crippen LogP contribution in [0.3, 0.4) is 0 Å². The summed E-state index contributed by atoms with van der Waals surface area (Å²) in [6, 6.07) is 12.3. The van der Waals surface area contributed by atoms with E-state index in [9.17, 15) is 12.8 Å². The van der Waals surface area contributed by atoms with Crippen molar-refractivity contribution < 1.29 is 12.8 Å². The van der Waals surface area contributed by atoms with Crippen molar-refractivity contribution in [3.8, 4) is 6.07 Å². The number of nitriles is 1. The highest BCUT2D eigenvalue weighted by atomic mass is 35.5. The molecule has 0 amide bonds. The van der Waals surface area contributed by atoms with Crippen LogP contribution >= 0.6 is 11.6 Å². The van der Waals surface area contributed by atoms with Gasteiger partial charge in [0.2, 0.25) is 10.0 Å². The van der Waals surface area contributed by atoms with Crippen molar-refractivity contribution in [3.05, 3.63) is 64.4 Å². The molecule has 2 aromatic rings. The third-order valence-electron chi connectivity index (χ3n) is 2.70. The lowest BCUT2D eigenvalue weighted by atomic mass is 10.1. The molecule has 0 saturated heterocycles. The minimum atomic E-state index is -3.86. The van der Waals surface area contributed by atoms with Crippen LogP contribution in [0.2, 0.25) is 5.02 Å². The zero-order valence-electron chi connectivity index (χ0n) is 10.7. The van der Waals surface area contributed by atoms with Crippen LogP contribution in [0.5, 0.6) is 0 Å². The minimum absolute atomic E-state index is 0.173. The summed E-state index contributed by atoms with van der Waals surface area (Å²) in [5, 5.41) is 8.77. The number of benzene rings is 2. The third-order valence-corrected chi connectivity index (χ3v) is 4.21. The van der Waals surface area contributed by atoms with Crippen molar-refractivity contribution >= 4 is 27.3 Å². The minimum Gasteiger partial charge on any atom is -0.280 e. The van der Waals surface area contributed by atoms with E-state index in [2.05, 4.69) is 4.72 Å². The Balaban J connectivity index is 2.28. The molecule has 0 atom stereocenters. The van der Waals surface area contributed by atoms with Crippen LogP contribution in [-0.4, -0.2) is 8.42 Å². The van der Waals surface area contributed by atoms with E-state index in [-0.39, 0.29) is 16.3 Å². The first-order valence-corrected chi connectivity index (χ1v) is 7.88. The highest BCUT2D eigenvalue weighted by Gasteiger charge is 2.17. The number of halogens is 2. The van der Waals surface area contributed by atoms with Gasteiger partial charge in [-0.1, -0.05) is 35.9 Å². The van der Waals surface area contributed by atoms with Crippen molar-refractivity contribution in [2.75, 3.05) is 4.72 Å². The zero-order valence-corrected chi connectivity index (χ0v) is 12.2. The molecule has 0 saturated carbocycles. The quantitative estimate of drug-likeness (QED) is 0.938. The van der Waals surface area contributed by atoms with Gasteiger partial charge < -0.3 is 0 Å². The summed E-state index contributed by atoms with van der Waals surface area (Å²) in [6.07, 6.45) is 0. The van der Waals surface area contributed by atoms with Crippen molar-refractivity contribution in [2.45, 2.75) is 5.75 Å². The summed E-state index contributed by atoms with van der Waals surface area (Å²) in [7, 11) is -3.86. The van der Waals surface area contributed by atoms with Crippen molar-refractivity contribution in [3.63, 3.8) is 0 Å². The van der Waals surface area contributed by atoms with Crippen LogP contribution in [0.4, 0.5) is 10.1 Å². The number of anilines is 1. The molecule has 0 unspecified atom stereocenters. The summed E-state index contributed by atoms with van der Waals surface area (Å²) in [4.78, 5) is 0. The van der Waals surface area contributed by atoms with E-state index in [1.54, 1.807) is 12.1 Å². The van der Waals surface area contributed by atoms with Crippen molar-refractivity contribution in [1.82, 2.24) is 0 Å². The molecule has 4 nitrogen and oxygen atoms in total. The SMILES string of the molecule is N#Cc1ccccc1CS(=O)(=O)Nc1cccc(Cl)c1F. The molecule has 21 heavy (non-hydrogen) atoms.